The molecule has 0 atom stereocenters. The molecule has 168 valence electrons. The number of carbonyl (C=O) groups excluding carboxylic acids is 3. The van der Waals surface area contributed by atoms with Gasteiger partial charge in [0.25, 0.3) is 0 Å². The van der Waals surface area contributed by atoms with Gasteiger partial charge in [-0.2, -0.15) is 0 Å². The largest absolute Gasteiger partial charge is 0.486 e. The Morgan fingerprint density at radius 1 is 0.938 bits per heavy atom. The lowest BCUT2D eigenvalue weighted by Gasteiger charge is -2.23. The zero-order chi connectivity index (χ0) is 22.3. The van der Waals surface area contributed by atoms with Crippen LogP contribution in [0.1, 0.15) is 31.2 Å². The summed E-state index contributed by atoms with van der Waals surface area (Å²) in [5, 5.41) is 5.58. The number of hydrogen-bond acceptors (Lipinski definition) is 5. The van der Waals surface area contributed by atoms with E-state index >= 15 is 0 Å². The van der Waals surface area contributed by atoms with Crippen molar-refractivity contribution in [3.8, 4) is 11.5 Å². The Hall–Kier alpha value is -3.55. The first kappa shape index (κ1) is 21.7. The summed E-state index contributed by atoms with van der Waals surface area (Å²) in [6.07, 6.45) is 4.08. The quantitative estimate of drug-likeness (QED) is 0.677. The van der Waals surface area contributed by atoms with E-state index in [2.05, 4.69) is 10.6 Å². The van der Waals surface area contributed by atoms with Gasteiger partial charge >= 0.3 is 11.8 Å². The molecule has 8 heteroatoms. The molecule has 0 unspecified atom stereocenters. The number of anilines is 1. The average Bonchev–Trinajstić information content (AvgIpc) is 3.31. The fraction of sp³-hybridized carbons (Fsp3) is 0.375. The third kappa shape index (κ3) is 5.57. The molecule has 0 spiro atoms. The molecule has 0 radical (unpaired) electrons. The molecule has 2 N–H and O–H groups in total. The van der Waals surface area contributed by atoms with Gasteiger partial charge in [-0.25, -0.2) is 0 Å². The summed E-state index contributed by atoms with van der Waals surface area (Å²) in [4.78, 5) is 39.6. The van der Waals surface area contributed by atoms with Crippen LogP contribution in [-0.4, -0.2) is 48.4 Å². The van der Waals surface area contributed by atoms with E-state index in [4.69, 9.17) is 9.47 Å². The molecule has 0 aromatic heterocycles. The topological polar surface area (TPSA) is 97.0 Å². The Morgan fingerprint density at radius 3 is 2.41 bits per heavy atom. The summed E-state index contributed by atoms with van der Waals surface area (Å²) in [7, 11) is 0. The second kappa shape index (κ2) is 10.2. The molecule has 1 fully saturated rings. The number of nitrogens with zero attached hydrogens (tertiary/aromatic N) is 1. The minimum atomic E-state index is -0.814. The molecule has 1 saturated carbocycles. The maximum atomic E-state index is 13.0. The van der Waals surface area contributed by atoms with Crippen molar-refractivity contribution in [2.24, 2.45) is 0 Å². The van der Waals surface area contributed by atoms with Crippen LogP contribution < -0.4 is 20.1 Å². The van der Waals surface area contributed by atoms with Gasteiger partial charge in [0.1, 0.15) is 19.8 Å². The summed E-state index contributed by atoms with van der Waals surface area (Å²) in [6.45, 7) is 0.865. The Balaban J connectivity index is 1.44. The van der Waals surface area contributed by atoms with Crippen LogP contribution in [0.25, 0.3) is 0 Å². The van der Waals surface area contributed by atoms with Crippen molar-refractivity contribution in [2.75, 3.05) is 25.1 Å². The van der Waals surface area contributed by atoms with Gasteiger partial charge in [0, 0.05) is 24.3 Å². The smallest absolute Gasteiger partial charge is 0.313 e. The van der Waals surface area contributed by atoms with Gasteiger partial charge in [-0.3, -0.25) is 14.4 Å². The number of benzene rings is 2. The molecule has 2 aromatic carbocycles. The standard InChI is InChI=1S/C24H27N3O5/c28-22(25-18-8-4-5-9-18)16-27(15-17-6-2-1-3-7-17)24(30)23(29)26-19-10-11-20-21(14-19)32-13-12-31-20/h1-3,6-7,10-11,14,18H,4-5,8-9,12-13,15-16H2,(H,25,28)(H,26,29). The lowest BCUT2D eigenvalue weighted by molar-refractivity contribution is -0.145. The molecule has 1 aliphatic heterocycles. The molecule has 3 amide bonds. The van der Waals surface area contributed by atoms with Gasteiger partial charge in [0.2, 0.25) is 5.91 Å². The van der Waals surface area contributed by atoms with Gasteiger partial charge in [0.15, 0.2) is 11.5 Å². The van der Waals surface area contributed by atoms with Gasteiger partial charge in [-0.15, -0.1) is 0 Å². The van der Waals surface area contributed by atoms with E-state index in [0.29, 0.717) is 30.4 Å². The summed E-state index contributed by atoms with van der Waals surface area (Å²) >= 11 is 0. The van der Waals surface area contributed by atoms with Crippen LogP contribution in [0.4, 0.5) is 5.69 Å². The molecule has 1 aliphatic carbocycles. The Morgan fingerprint density at radius 2 is 1.66 bits per heavy atom. The molecular formula is C24H27N3O5. The average molecular weight is 437 g/mol. The number of amides is 3. The predicted molar refractivity (Wildman–Crippen MR) is 118 cm³/mol. The summed E-state index contributed by atoms with van der Waals surface area (Å²) in [5.74, 6) is -0.738. The van der Waals surface area contributed by atoms with Crippen LogP contribution in [-0.2, 0) is 20.9 Å². The molecule has 0 saturated heterocycles. The second-order valence-electron chi connectivity index (χ2n) is 8.01. The van der Waals surface area contributed by atoms with E-state index in [9.17, 15) is 14.4 Å². The first-order valence-electron chi connectivity index (χ1n) is 10.9. The summed E-state index contributed by atoms with van der Waals surface area (Å²) in [5.41, 5.74) is 1.25. The highest BCUT2D eigenvalue weighted by atomic mass is 16.6. The van der Waals surface area contributed by atoms with E-state index in [1.165, 1.54) is 4.90 Å². The number of rotatable bonds is 6. The maximum absolute atomic E-state index is 13.0. The zero-order valence-corrected chi connectivity index (χ0v) is 17.8. The van der Waals surface area contributed by atoms with Crippen LogP contribution in [0.3, 0.4) is 0 Å². The molecule has 1 heterocycles. The van der Waals surface area contributed by atoms with Crippen molar-refractivity contribution < 1.29 is 23.9 Å². The Bertz CT molecular complexity index is 973. The van der Waals surface area contributed by atoms with E-state index in [-0.39, 0.29) is 25.0 Å². The predicted octanol–water partition coefficient (Wildman–Crippen LogP) is 2.48. The number of carbonyl (C=O) groups is 3. The first-order chi connectivity index (χ1) is 15.6. The van der Waals surface area contributed by atoms with E-state index < -0.39 is 11.8 Å². The Kier molecular flexibility index (Phi) is 6.89. The highest BCUT2D eigenvalue weighted by molar-refractivity contribution is 6.39. The number of nitrogens with one attached hydrogen (secondary N) is 2. The first-order valence-corrected chi connectivity index (χ1v) is 10.9. The Labute approximate surface area is 186 Å². The lowest BCUT2D eigenvalue weighted by Crippen LogP contribution is -2.46. The van der Waals surface area contributed by atoms with E-state index in [0.717, 1.165) is 31.2 Å². The number of ether oxygens (including phenoxy) is 2. The molecular weight excluding hydrogens is 410 g/mol. The molecule has 0 bridgehead atoms. The van der Waals surface area contributed by atoms with Crippen LogP contribution in [0.2, 0.25) is 0 Å². The van der Waals surface area contributed by atoms with Crippen molar-refractivity contribution in [1.29, 1.82) is 0 Å². The van der Waals surface area contributed by atoms with Crippen molar-refractivity contribution in [2.45, 2.75) is 38.3 Å². The minimum Gasteiger partial charge on any atom is -0.486 e. The second-order valence-corrected chi connectivity index (χ2v) is 8.01. The highest BCUT2D eigenvalue weighted by Crippen LogP contribution is 2.32. The minimum absolute atomic E-state index is 0.141. The molecule has 2 aromatic rings. The number of fused-ring (bicyclic) bond motifs is 1. The fourth-order valence-corrected chi connectivity index (χ4v) is 3.97. The van der Waals surface area contributed by atoms with Crippen molar-refractivity contribution >= 4 is 23.4 Å². The normalized spacial score (nSPS) is 15.1. The monoisotopic (exact) mass is 437 g/mol. The summed E-state index contributed by atoms with van der Waals surface area (Å²) in [6, 6.07) is 14.4. The van der Waals surface area contributed by atoms with Gasteiger partial charge in [0.05, 0.1) is 0 Å². The third-order valence-electron chi connectivity index (χ3n) is 5.55. The van der Waals surface area contributed by atoms with Crippen LogP contribution in [0.5, 0.6) is 11.5 Å². The summed E-state index contributed by atoms with van der Waals surface area (Å²) < 4.78 is 11.0. The van der Waals surface area contributed by atoms with E-state index in [1.807, 2.05) is 30.3 Å². The van der Waals surface area contributed by atoms with Crippen molar-refractivity contribution in [3.63, 3.8) is 0 Å². The highest BCUT2D eigenvalue weighted by Gasteiger charge is 2.26. The van der Waals surface area contributed by atoms with Crippen LogP contribution in [0.15, 0.2) is 48.5 Å². The van der Waals surface area contributed by atoms with Gasteiger partial charge in [-0.05, 0) is 30.5 Å². The lowest BCUT2D eigenvalue weighted by atomic mass is 10.2. The van der Waals surface area contributed by atoms with Gasteiger partial charge in [-0.1, -0.05) is 43.2 Å². The number of hydrogen-bond donors (Lipinski definition) is 2. The van der Waals surface area contributed by atoms with Crippen molar-refractivity contribution in [3.05, 3.63) is 54.1 Å². The maximum Gasteiger partial charge on any atom is 0.313 e. The third-order valence-corrected chi connectivity index (χ3v) is 5.55. The zero-order valence-electron chi connectivity index (χ0n) is 17.8. The molecule has 4 rings (SSSR count). The molecule has 2 aliphatic rings. The van der Waals surface area contributed by atoms with Crippen LogP contribution >= 0.6 is 0 Å². The van der Waals surface area contributed by atoms with Crippen molar-refractivity contribution in [1.82, 2.24) is 10.2 Å². The molecule has 32 heavy (non-hydrogen) atoms. The van der Waals surface area contributed by atoms with Gasteiger partial charge < -0.3 is 25.0 Å². The SMILES string of the molecule is O=C(CN(Cc1ccccc1)C(=O)C(=O)Nc1ccc2c(c1)OCCO2)NC1CCCC1. The fourth-order valence-electron chi connectivity index (χ4n) is 3.97. The van der Waals surface area contributed by atoms with E-state index in [1.54, 1.807) is 18.2 Å². The van der Waals surface area contributed by atoms with Crippen LogP contribution in [0, 0.1) is 0 Å². The molecule has 8 nitrogen and oxygen atoms in total.